The maximum absolute atomic E-state index is 9.51. The number of hydrogen-bond acceptors (Lipinski definition) is 4. The van der Waals surface area contributed by atoms with Gasteiger partial charge in [-0.15, -0.1) is 0 Å². The lowest BCUT2D eigenvalue weighted by atomic mass is 10.1. The highest BCUT2D eigenvalue weighted by molar-refractivity contribution is 4.87. The van der Waals surface area contributed by atoms with Crippen LogP contribution in [0.25, 0.3) is 0 Å². The molecule has 2 aliphatic heterocycles. The minimum atomic E-state index is 0.331. The molecule has 2 saturated heterocycles. The molecule has 0 aromatic carbocycles. The number of hydrogen-bond donors (Lipinski definition) is 1. The molecule has 1 aliphatic carbocycles. The highest BCUT2D eigenvalue weighted by atomic mass is 16.5. The van der Waals surface area contributed by atoms with Gasteiger partial charge in [0.05, 0.1) is 19.3 Å². The van der Waals surface area contributed by atoms with Gasteiger partial charge in [0.25, 0.3) is 0 Å². The second kappa shape index (κ2) is 9.36. The van der Waals surface area contributed by atoms with E-state index in [1.165, 1.54) is 77.3 Å². The van der Waals surface area contributed by atoms with E-state index < -0.39 is 0 Å². The Morgan fingerprint density at radius 1 is 0.783 bits per heavy atom. The predicted molar refractivity (Wildman–Crippen MR) is 93.7 cm³/mol. The van der Waals surface area contributed by atoms with Gasteiger partial charge >= 0.3 is 0 Å². The fourth-order valence-corrected chi connectivity index (χ4v) is 4.75. The molecular formula is C19H36N2O2. The number of aliphatic hydroxyl groups excluding tert-OH is 1. The highest BCUT2D eigenvalue weighted by Crippen LogP contribution is 2.24. The molecular weight excluding hydrogens is 288 g/mol. The summed E-state index contributed by atoms with van der Waals surface area (Å²) in [5.74, 6) is 0. The minimum absolute atomic E-state index is 0.331. The molecule has 0 radical (unpaired) electrons. The molecule has 0 amide bonds. The van der Waals surface area contributed by atoms with Crippen molar-refractivity contribution in [2.75, 3.05) is 39.4 Å². The minimum Gasteiger partial charge on any atom is -0.395 e. The van der Waals surface area contributed by atoms with Gasteiger partial charge in [-0.2, -0.15) is 0 Å². The Bertz CT molecular complexity index is 331. The first-order chi connectivity index (χ1) is 11.4. The Kier molecular flexibility index (Phi) is 7.18. The maximum atomic E-state index is 9.51. The number of ether oxygens (including phenoxy) is 1. The quantitative estimate of drug-likeness (QED) is 0.730. The molecule has 0 bridgehead atoms. The van der Waals surface area contributed by atoms with Crippen LogP contribution in [0.3, 0.4) is 0 Å². The van der Waals surface area contributed by atoms with Gasteiger partial charge in [-0.05, 0) is 51.6 Å². The van der Waals surface area contributed by atoms with Gasteiger partial charge in [-0.3, -0.25) is 9.80 Å². The zero-order valence-corrected chi connectivity index (χ0v) is 14.8. The Morgan fingerprint density at radius 3 is 2.22 bits per heavy atom. The molecule has 0 spiro atoms. The molecule has 4 heteroatoms. The number of aliphatic hydroxyl groups is 1. The lowest BCUT2D eigenvalue weighted by molar-refractivity contribution is 0.0235. The molecule has 2 unspecified atom stereocenters. The van der Waals surface area contributed by atoms with Crippen LogP contribution in [0.2, 0.25) is 0 Å². The van der Waals surface area contributed by atoms with Crippen LogP contribution >= 0.6 is 0 Å². The Hall–Kier alpha value is -0.160. The maximum Gasteiger partial charge on any atom is 0.0597 e. The van der Waals surface area contributed by atoms with E-state index in [9.17, 15) is 5.11 Å². The summed E-state index contributed by atoms with van der Waals surface area (Å²) in [5, 5.41) is 9.51. The highest BCUT2D eigenvalue weighted by Gasteiger charge is 2.31. The molecule has 0 aromatic heterocycles. The average Bonchev–Trinajstić information content (AvgIpc) is 3.11. The van der Waals surface area contributed by atoms with E-state index in [0.717, 1.165) is 19.7 Å². The summed E-state index contributed by atoms with van der Waals surface area (Å²) >= 11 is 0. The van der Waals surface area contributed by atoms with Crippen LogP contribution in [-0.4, -0.2) is 72.5 Å². The van der Waals surface area contributed by atoms with Crippen molar-refractivity contribution in [1.82, 2.24) is 9.80 Å². The van der Waals surface area contributed by atoms with Crippen LogP contribution in [0.4, 0.5) is 0 Å². The fourth-order valence-electron chi connectivity index (χ4n) is 4.75. The van der Waals surface area contributed by atoms with E-state index in [0.29, 0.717) is 24.8 Å². The van der Waals surface area contributed by atoms with Gasteiger partial charge in [0.2, 0.25) is 0 Å². The monoisotopic (exact) mass is 324 g/mol. The van der Waals surface area contributed by atoms with Crippen molar-refractivity contribution >= 4 is 0 Å². The average molecular weight is 325 g/mol. The Morgan fingerprint density at radius 2 is 1.48 bits per heavy atom. The van der Waals surface area contributed by atoms with Crippen molar-refractivity contribution in [2.45, 2.75) is 82.4 Å². The molecule has 1 saturated carbocycles. The van der Waals surface area contributed by atoms with Crippen molar-refractivity contribution in [3.05, 3.63) is 0 Å². The van der Waals surface area contributed by atoms with Crippen molar-refractivity contribution in [3.8, 4) is 0 Å². The van der Waals surface area contributed by atoms with Crippen LogP contribution in [0.5, 0.6) is 0 Å². The van der Waals surface area contributed by atoms with Gasteiger partial charge in [0.1, 0.15) is 0 Å². The van der Waals surface area contributed by atoms with Gasteiger partial charge in [0, 0.05) is 25.2 Å². The van der Waals surface area contributed by atoms with Gasteiger partial charge in [-0.25, -0.2) is 0 Å². The third-order valence-electron chi connectivity index (χ3n) is 6.19. The van der Waals surface area contributed by atoms with E-state index in [1.807, 2.05) is 0 Å². The molecule has 2 heterocycles. The standard InChI is InChI=1S/C19H36N2O2/c22-16-18-8-6-12-21(18)15-17-7-5-11-20(17)13-14-23-19-9-3-1-2-4-10-19/h17-19,22H,1-16H2. The zero-order valence-electron chi connectivity index (χ0n) is 14.8. The van der Waals surface area contributed by atoms with Crippen LogP contribution in [0, 0.1) is 0 Å². The third-order valence-corrected chi connectivity index (χ3v) is 6.19. The summed E-state index contributed by atoms with van der Waals surface area (Å²) in [6.07, 6.45) is 13.6. The molecule has 3 fully saturated rings. The third kappa shape index (κ3) is 5.15. The summed E-state index contributed by atoms with van der Waals surface area (Å²) in [6, 6.07) is 1.10. The van der Waals surface area contributed by atoms with Gasteiger partial charge < -0.3 is 9.84 Å². The molecule has 0 aromatic rings. The van der Waals surface area contributed by atoms with Crippen LogP contribution in [-0.2, 0) is 4.74 Å². The molecule has 3 rings (SSSR count). The first-order valence-electron chi connectivity index (χ1n) is 10.1. The molecule has 2 atom stereocenters. The first kappa shape index (κ1) is 17.7. The number of rotatable bonds is 7. The molecule has 3 aliphatic rings. The smallest absolute Gasteiger partial charge is 0.0597 e. The second-order valence-electron chi connectivity index (χ2n) is 7.79. The SMILES string of the molecule is OCC1CCCN1CC1CCCN1CCOC1CCCCCC1. The second-order valence-corrected chi connectivity index (χ2v) is 7.79. The molecule has 4 nitrogen and oxygen atoms in total. The number of likely N-dealkylation sites (tertiary alicyclic amines) is 2. The van der Waals surface area contributed by atoms with Gasteiger partial charge in [0.15, 0.2) is 0 Å². The summed E-state index contributed by atoms with van der Waals surface area (Å²) in [4.78, 5) is 5.17. The fraction of sp³-hybridized carbons (Fsp3) is 1.00. The van der Waals surface area contributed by atoms with Gasteiger partial charge in [-0.1, -0.05) is 25.7 Å². The van der Waals surface area contributed by atoms with Crippen molar-refractivity contribution in [3.63, 3.8) is 0 Å². The largest absolute Gasteiger partial charge is 0.395 e. The summed E-state index contributed by atoms with van der Waals surface area (Å²) in [6.45, 7) is 5.89. The van der Waals surface area contributed by atoms with Crippen molar-refractivity contribution < 1.29 is 9.84 Å². The van der Waals surface area contributed by atoms with E-state index in [1.54, 1.807) is 0 Å². The predicted octanol–water partition coefficient (Wildman–Crippen LogP) is 2.65. The Labute approximate surface area is 142 Å². The number of nitrogens with zero attached hydrogens (tertiary/aromatic N) is 2. The van der Waals surface area contributed by atoms with E-state index >= 15 is 0 Å². The Balaban J connectivity index is 1.38. The van der Waals surface area contributed by atoms with E-state index in [4.69, 9.17) is 4.74 Å². The first-order valence-corrected chi connectivity index (χ1v) is 10.1. The van der Waals surface area contributed by atoms with Crippen LogP contribution in [0.15, 0.2) is 0 Å². The zero-order chi connectivity index (χ0) is 15.9. The summed E-state index contributed by atoms with van der Waals surface area (Å²) in [7, 11) is 0. The molecule has 1 N–H and O–H groups in total. The van der Waals surface area contributed by atoms with E-state index in [2.05, 4.69) is 9.80 Å². The van der Waals surface area contributed by atoms with Crippen molar-refractivity contribution in [2.24, 2.45) is 0 Å². The normalized spacial score (nSPS) is 31.7. The van der Waals surface area contributed by atoms with Crippen LogP contribution < -0.4 is 0 Å². The topological polar surface area (TPSA) is 35.9 Å². The molecule has 23 heavy (non-hydrogen) atoms. The molecule has 134 valence electrons. The van der Waals surface area contributed by atoms with E-state index in [-0.39, 0.29) is 0 Å². The van der Waals surface area contributed by atoms with Crippen molar-refractivity contribution in [1.29, 1.82) is 0 Å². The lowest BCUT2D eigenvalue weighted by Gasteiger charge is -2.31. The summed E-state index contributed by atoms with van der Waals surface area (Å²) < 4.78 is 6.19. The lowest BCUT2D eigenvalue weighted by Crippen LogP contribution is -2.44. The summed E-state index contributed by atoms with van der Waals surface area (Å²) in [5.41, 5.74) is 0. The van der Waals surface area contributed by atoms with Crippen LogP contribution in [0.1, 0.15) is 64.2 Å².